The van der Waals surface area contributed by atoms with Crippen LogP contribution in [0.3, 0.4) is 0 Å². The van der Waals surface area contributed by atoms with E-state index in [4.69, 9.17) is 4.74 Å². The molecule has 0 saturated heterocycles. The molecule has 27 heavy (non-hydrogen) atoms. The van der Waals surface area contributed by atoms with Gasteiger partial charge in [-0.3, -0.25) is 19.3 Å². The maximum absolute atomic E-state index is 12.3. The van der Waals surface area contributed by atoms with Crippen molar-refractivity contribution in [2.45, 2.75) is 6.42 Å². The molecule has 0 aliphatic carbocycles. The number of aromatic nitrogens is 1. The quantitative estimate of drug-likeness (QED) is 0.517. The predicted molar refractivity (Wildman–Crippen MR) is 99.4 cm³/mol. The summed E-state index contributed by atoms with van der Waals surface area (Å²) in [6.45, 7) is 0.0304. The standard InChI is InChI=1S/C21H18N2O4/c1-22-13-14(15-6-4-5-9-18(15)22)12-19(24)27-11-10-23-20(25)16-7-2-3-8-17(16)21(23)26/h2-9,13H,10-12H2,1H3. The first-order chi connectivity index (χ1) is 13.1. The molecule has 0 spiro atoms. The summed E-state index contributed by atoms with van der Waals surface area (Å²) in [5, 5.41) is 1.01. The molecule has 0 atom stereocenters. The highest BCUT2D eigenvalue weighted by Crippen LogP contribution is 2.23. The zero-order chi connectivity index (χ0) is 19.0. The predicted octanol–water partition coefficient (Wildman–Crippen LogP) is 2.56. The lowest BCUT2D eigenvalue weighted by Gasteiger charge is -2.13. The molecule has 2 amide bonds. The number of aryl methyl sites for hydroxylation is 1. The molecule has 3 aromatic rings. The topological polar surface area (TPSA) is 68.6 Å². The number of ether oxygens (including phenoxy) is 1. The molecule has 6 heteroatoms. The molecule has 0 N–H and O–H groups in total. The van der Waals surface area contributed by atoms with Crippen LogP contribution in [0, 0.1) is 0 Å². The van der Waals surface area contributed by atoms with Gasteiger partial charge in [0.1, 0.15) is 6.61 Å². The number of rotatable bonds is 5. The minimum Gasteiger partial charge on any atom is -0.464 e. The first-order valence-corrected chi connectivity index (χ1v) is 8.70. The van der Waals surface area contributed by atoms with Crippen LogP contribution < -0.4 is 0 Å². The van der Waals surface area contributed by atoms with E-state index < -0.39 is 0 Å². The number of amides is 2. The van der Waals surface area contributed by atoms with Crippen LogP contribution in [0.25, 0.3) is 10.9 Å². The fourth-order valence-electron chi connectivity index (χ4n) is 3.47. The van der Waals surface area contributed by atoms with E-state index in [-0.39, 0.29) is 37.4 Å². The van der Waals surface area contributed by atoms with E-state index in [9.17, 15) is 14.4 Å². The summed E-state index contributed by atoms with van der Waals surface area (Å²) in [5.41, 5.74) is 2.72. The lowest BCUT2D eigenvalue weighted by Crippen LogP contribution is -2.33. The van der Waals surface area contributed by atoms with E-state index in [1.165, 1.54) is 0 Å². The molecule has 1 aliphatic heterocycles. The summed E-state index contributed by atoms with van der Waals surface area (Å²) in [5.74, 6) is -1.08. The zero-order valence-corrected chi connectivity index (χ0v) is 14.8. The van der Waals surface area contributed by atoms with Crippen LogP contribution in [0.1, 0.15) is 26.3 Å². The van der Waals surface area contributed by atoms with Gasteiger partial charge in [0.25, 0.3) is 11.8 Å². The summed E-state index contributed by atoms with van der Waals surface area (Å²) in [4.78, 5) is 37.9. The molecule has 0 radical (unpaired) electrons. The van der Waals surface area contributed by atoms with Crippen molar-refractivity contribution in [1.29, 1.82) is 0 Å². The zero-order valence-electron chi connectivity index (χ0n) is 14.8. The highest BCUT2D eigenvalue weighted by atomic mass is 16.5. The second kappa shape index (κ2) is 6.72. The summed E-state index contributed by atoms with van der Waals surface area (Å²) in [7, 11) is 1.93. The van der Waals surface area contributed by atoms with Crippen LogP contribution in [-0.4, -0.2) is 40.4 Å². The van der Waals surface area contributed by atoms with Crippen LogP contribution in [0.4, 0.5) is 0 Å². The van der Waals surface area contributed by atoms with E-state index in [2.05, 4.69) is 0 Å². The summed E-state index contributed by atoms with van der Waals surface area (Å²) in [6, 6.07) is 14.5. The Morgan fingerprint density at radius 1 is 0.963 bits per heavy atom. The fourth-order valence-corrected chi connectivity index (χ4v) is 3.47. The third-order valence-electron chi connectivity index (χ3n) is 4.77. The molecule has 0 bridgehead atoms. The van der Waals surface area contributed by atoms with Crippen molar-refractivity contribution in [3.05, 3.63) is 71.4 Å². The van der Waals surface area contributed by atoms with Gasteiger partial charge in [-0.1, -0.05) is 30.3 Å². The number of hydrogen-bond acceptors (Lipinski definition) is 4. The van der Waals surface area contributed by atoms with E-state index in [0.29, 0.717) is 11.1 Å². The second-order valence-electron chi connectivity index (χ2n) is 6.49. The molecule has 136 valence electrons. The molecule has 0 unspecified atom stereocenters. The number of imide groups is 1. The Morgan fingerprint density at radius 2 is 1.59 bits per heavy atom. The van der Waals surface area contributed by atoms with Gasteiger partial charge in [0.2, 0.25) is 0 Å². The van der Waals surface area contributed by atoms with Gasteiger partial charge < -0.3 is 9.30 Å². The Morgan fingerprint density at radius 3 is 2.30 bits per heavy atom. The molecule has 1 aliphatic rings. The van der Waals surface area contributed by atoms with Crippen molar-refractivity contribution < 1.29 is 19.1 Å². The lowest BCUT2D eigenvalue weighted by molar-refractivity contribution is -0.143. The number of fused-ring (bicyclic) bond motifs is 2. The fraction of sp³-hybridized carbons (Fsp3) is 0.190. The largest absolute Gasteiger partial charge is 0.464 e. The van der Waals surface area contributed by atoms with Gasteiger partial charge in [-0.2, -0.15) is 0 Å². The number of para-hydroxylation sites is 1. The average Bonchev–Trinajstić information content (AvgIpc) is 3.12. The molecule has 0 saturated carbocycles. The number of esters is 1. The second-order valence-corrected chi connectivity index (χ2v) is 6.49. The van der Waals surface area contributed by atoms with Crippen molar-refractivity contribution in [1.82, 2.24) is 9.47 Å². The minimum atomic E-state index is -0.386. The maximum atomic E-state index is 12.3. The number of carbonyl (C=O) groups excluding carboxylic acids is 3. The van der Waals surface area contributed by atoms with Gasteiger partial charge in [0.15, 0.2) is 0 Å². The van der Waals surface area contributed by atoms with Gasteiger partial charge in [-0.05, 0) is 23.8 Å². The third kappa shape index (κ3) is 2.99. The first kappa shape index (κ1) is 17.0. The van der Waals surface area contributed by atoms with E-state index >= 15 is 0 Å². The van der Waals surface area contributed by atoms with Crippen molar-refractivity contribution in [3.8, 4) is 0 Å². The smallest absolute Gasteiger partial charge is 0.310 e. The van der Waals surface area contributed by atoms with Gasteiger partial charge in [0.05, 0.1) is 24.1 Å². The third-order valence-corrected chi connectivity index (χ3v) is 4.77. The number of carbonyl (C=O) groups is 3. The Labute approximate surface area is 155 Å². The minimum absolute atomic E-state index is 0.0188. The van der Waals surface area contributed by atoms with Crippen LogP contribution in [0.2, 0.25) is 0 Å². The highest BCUT2D eigenvalue weighted by Gasteiger charge is 2.34. The normalized spacial score (nSPS) is 13.3. The summed E-state index contributed by atoms with van der Waals surface area (Å²) in [6.07, 6.45) is 2.06. The Hall–Kier alpha value is -3.41. The molecule has 2 heterocycles. The van der Waals surface area contributed by atoms with Gasteiger partial charge in [-0.25, -0.2) is 0 Å². The van der Waals surface area contributed by atoms with Crippen molar-refractivity contribution >= 4 is 28.7 Å². The van der Waals surface area contributed by atoms with Gasteiger partial charge in [0, 0.05) is 24.1 Å². The average molecular weight is 362 g/mol. The molecular weight excluding hydrogens is 344 g/mol. The molecule has 2 aromatic carbocycles. The van der Waals surface area contributed by atoms with Crippen molar-refractivity contribution in [2.75, 3.05) is 13.2 Å². The molecule has 4 rings (SSSR count). The number of nitrogens with zero attached hydrogens (tertiary/aromatic N) is 2. The van der Waals surface area contributed by atoms with Crippen LogP contribution in [0.15, 0.2) is 54.7 Å². The lowest BCUT2D eigenvalue weighted by atomic mass is 10.1. The molecule has 0 fully saturated rings. The summed E-state index contributed by atoms with van der Waals surface area (Å²) >= 11 is 0. The first-order valence-electron chi connectivity index (χ1n) is 8.70. The van der Waals surface area contributed by atoms with Crippen molar-refractivity contribution in [2.24, 2.45) is 7.05 Å². The number of benzene rings is 2. The number of hydrogen-bond donors (Lipinski definition) is 0. The monoisotopic (exact) mass is 362 g/mol. The Balaban J connectivity index is 1.37. The van der Waals surface area contributed by atoms with E-state index in [1.807, 2.05) is 42.1 Å². The Bertz CT molecular complexity index is 1030. The highest BCUT2D eigenvalue weighted by molar-refractivity contribution is 6.21. The van der Waals surface area contributed by atoms with E-state index in [1.54, 1.807) is 24.3 Å². The van der Waals surface area contributed by atoms with Gasteiger partial charge >= 0.3 is 5.97 Å². The van der Waals surface area contributed by atoms with Crippen molar-refractivity contribution in [3.63, 3.8) is 0 Å². The van der Waals surface area contributed by atoms with Crippen LogP contribution in [0.5, 0.6) is 0 Å². The SMILES string of the molecule is Cn1cc(CC(=O)OCCN2C(=O)c3ccccc3C2=O)c2ccccc21. The van der Waals surface area contributed by atoms with Crippen LogP contribution in [-0.2, 0) is 23.0 Å². The maximum Gasteiger partial charge on any atom is 0.310 e. The van der Waals surface area contributed by atoms with Gasteiger partial charge in [-0.15, -0.1) is 0 Å². The van der Waals surface area contributed by atoms with E-state index in [0.717, 1.165) is 21.4 Å². The molecular formula is C21H18N2O4. The summed E-state index contributed by atoms with van der Waals surface area (Å²) < 4.78 is 7.24. The van der Waals surface area contributed by atoms with Crippen LogP contribution >= 0.6 is 0 Å². The molecule has 6 nitrogen and oxygen atoms in total. The Kier molecular flexibility index (Phi) is 4.24. The molecule has 1 aromatic heterocycles.